The lowest BCUT2D eigenvalue weighted by atomic mass is 10.3. The molecule has 3 heteroatoms. The maximum absolute atomic E-state index is 6.53. The van der Waals surface area contributed by atoms with Gasteiger partial charge in [0, 0.05) is 7.11 Å². The van der Waals surface area contributed by atoms with E-state index in [1.54, 1.807) is 7.11 Å². The van der Waals surface area contributed by atoms with Crippen LogP contribution in [0, 0.1) is 0 Å². The Balaban J connectivity index is 5.02. The molecule has 0 spiro atoms. The normalized spacial score (nSPS) is 15.0. The van der Waals surface area contributed by atoms with Crippen molar-refractivity contribution in [3.63, 3.8) is 0 Å². The van der Waals surface area contributed by atoms with Crippen LogP contribution in [-0.2, 0) is 9.16 Å². The molecule has 0 fully saturated rings. The summed E-state index contributed by atoms with van der Waals surface area (Å²) in [7, 11) is -0.00952. The first-order valence-electron chi connectivity index (χ1n) is 7.03. The van der Waals surface area contributed by atoms with Crippen LogP contribution in [0.5, 0.6) is 0 Å². The second-order valence-corrected chi connectivity index (χ2v) is 11.3. The van der Waals surface area contributed by atoms with E-state index in [1.807, 2.05) is 0 Å². The van der Waals surface area contributed by atoms with E-state index in [2.05, 4.69) is 48.5 Å². The van der Waals surface area contributed by atoms with Crippen LogP contribution in [0.3, 0.4) is 0 Å². The van der Waals surface area contributed by atoms with Crippen molar-refractivity contribution >= 4 is 8.32 Å². The Labute approximate surface area is 109 Å². The Hall–Kier alpha value is 0.137. The zero-order valence-electron chi connectivity index (χ0n) is 13.0. The fourth-order valence-electron chi connectivity index (χ4n) is 3.10. The highest BCUT2D eigenvalue weighted by Crippen LogP contribution is 2.43. The zero-order valence-corrected chi connectivity index (χ0v) is 14.0. The lowest BCUT2D eigenvalue weighted by molar-refractivity contribution is -0.0698. The van der Waals surface area contributed by atoms with Gasteiger partial charge in [0.05, 0.1) is 0 Å². The smallest absolute Gasteiger partial charge is 0.203 e. The van der Waals surface area contributed by atoms with Crippen molar-refractivity contribution < 1.29 is 9.16 Å². The van der Waals surface area contributed by atoms with Gasteiger partial charge in [0.25, 0.3) is 0 Å². The largest absolute Gasteiger partial charge is 0.391 e. The first kappa shape index (κ1) is 17.1. The highest BCUT2D eigenvalue weighted by molar-refractivity contribution is 6.77. The van der Waals surface area contributed by atoms with E-state index in [-0.39, 0.29) is 6.29 Å². The molecule has 0 N–H and O–H groups in total. The molecule has 0 bridgehead atoms. The molecule has 0 rings (SSSR count). The summed E-state index contributed by atoms with van der Waals surface area (Å²) in [6, 6.07) is 0. The highest BCUT2D eigenvalue weighted by Gasteiger charge is 2.46. The molecule has 0 heterocycles. The van der Waals surface area contributed by atoms with Gasteiger partial charge in [-0.25, -0.2) is 0 Å². The molecular formula is C14H32O2Si. The van der Waals surface area contributed by atoms with E-state index in [1.165, 1.54) is 0 Å². The second-order valence-electron chi connectivity index (χ2n) is 5.89. The molecule has 0 aromatic heterocycles. The van der Waals surface area contributed by atoms with Crippen molar-refractivity contribution in [1.29, 1.82) is 0 Å². The van der Waals surface area contributed by atoms with Crippen LogP contribution in [0.15, 0.2) is 0 Å². The van der Waals surface area contributed by atoms with Crippen LogP contribution in [-0.4, -0.2) is 21.7 Å². The Kier molecular flexibility index (Phi) is 7.61. The third-order valence-corrected chi connectivity index (χ3v) is 9.92. The molecule has 0 radical (unpaired) electrons. The number of methoxy groups -OCH3 is 1. The van der Waals surface area contributed by atoms with Gasteiger partial charge >= 0.3 is 0 Å². The van der Waals surface area contributed by atoms with E-state index < -0.39 is 8.32 Å². The zero-order chi connectivity index (χ0) is 13.6. The topological polar surface area (TPSA) is 18.5 Å². The lowest BCUT2D eigenvalue weighted by Gasteiger charge is -2.44. The van der Waals surface area contributed by atoms with Gasteiger partial charge in [0.15, 0.2) is 0 Å². The summed E-state index contributed by atoms with van der Waals surface area (Å²) in [6.45, 7) is 16.0. The van der Waals surface area contributed by atoms with Gasteiger partial charge in [-0.2, -0.15) is 0 Å². The SMILES string of the molecule is CCCC(OC)O[Si](C(C)C)(C(C)C)C(C)C. The number of rotatable bonds is 8. The molecule has 104 valence electrons. The summed E-state index contributed by atoms with van der Waals surface area (Å²) in [5.41, 5.74) is 1.87. The summed E-state index contributed by atoms with van der Waals surface area (Å²) in [5, 5.41) is 0. The molecule has 0 aliphatic rings. The third kappa shape index (κ3) is 4.07. The summed E-state index contributed by atoms with van der Waals surface area (Å²) < 4.78 is 12.0. The van der Waals surface area contributed by atoms with Gasteiger partial charge < -0.3 is 9.16 Å². The van der Waals surface area contributed by atoms with Gasteiger partial charge in [-0.3, -0.25) is 0 Å². The second kappa shape index (κ2) is 7.55. The first-order chi connectivity index (χ1) is 7.82. The third-order valence-electron chi connectivity index (χ3n) is 3.83. The Bertz CT molecular complexity index is 181. The summed E-state index contributed by atoms with van der Waals surface area (Å²) in [4.78, 5) is 0. The predicted octanol–water partition coefficient (Wildman–Crippen LogP) is 4.95. The summed E-state index contributed by atoms with van der Waals surface area (Å²) in [6.07, 6.45) is 2.09. The monoisotopic (exact) mass is 260 g/mol. The van der Waals surface area contributed by atoms with Crippen molar-refractivity contribution in [1.82, 2.24) is 0 Å². The average Bonchev–Trinajstić information content (AvgIpc) is 2.22. The number of hydrogen-bond donors (Lipinski definition) is 0. The fourth-order valence-corrected chi connectivity index (χ4v) is 8.58. The van der Waals surface area contributed by atoms with Crippen LogP contribution in [0.4, 0.5) is 0 Å². The van der Waals surface area contributed by atoms with Gasteiger partial charge in [-0.05, 0) is 23.0 Å². The summed E-state index contributed by atoms with van der Waals surface area (Å²) >= 11 is 0. The predicted molar refractivity (Wildman–Crippen MR) is 77.8 cm³/mol. The molecule has 0 amide bonds. The highest BCUT2D eigenvalue weighted by atomic mass is 28.4. The maximum atomic E-state index is 6.53. The number of ether oxygens (including phenoxy) is 1. The molecule has 0 aliphatic heterocycles. The molecule has 0 saturated carbocycles. The minimum atomic E-state index is -1.77. The van der Waals surface area contributed by atoms with Crippen LogP contribution in [0.1, 0.15) is 61.3 Å². The van der Waals surface area contributed by atoms with Crippen molar-refractivity contribution in [2.75, 3.05) is 7.11 Å². The number of hydrogen-bond acceptors (Lipinski definition) is 2. The minimum Gasteiger partial charge on any atom is -0.391 e. The van der Waals surface area contributed by atoms with Gasteiger partial charge in [-0.15, -0.1) is 0 Å². The van der Waals surface area contributed by atoms with Gasteiger partial charge in [0.1, 0.15) is 6.29 Å². The molecule has 0 aromatic rings. The Morgan fingerprint density at radius 1 is 0.882 bits per heavy atom. The lowest BCUT2D eigenvalue weighted by Crippen LogP contribution is -2.50. The van der Waals surface area contributed by atoms with Gasteiger partial charge in [0.2, 0.25) is 8.32 Å². The first-order valence-corrected chi connectivity index (χ1v) is 9.17. The van der Waals surface area contributed by atoms with Crippen molar-refractivity contribution in [3.05, 3.63) is 0 Å². The van der Waals surface area contributed by atoms with E-state index in [4.69, 9.17) is 9.16 Å². The molecule has 0 aliphatic carbocycles. The van der Waals surface area contributed by atoms with E-state index in [0.29, 0.717) is 16.6 Å². The Morgan fingerprint density at radius 2 is 1.29 bits per heavy atom. The summed E-state index contributed by atoms with van der Waals surface area (Å²) in [5.74, 6) is 0. The van der Waals surface area contributed by atoms with Crippen LogP contribution in [0.25, 0.3) is 0 Å². The van der Waals surface area contributed by atoms with E-state index in [0.717, 1.165) is 12.8 Å². The molecule has 0 aromatic carbocycles. The standard InChI is InChI=1S/C14H32O2Si/c1-9-10-14(15-8)16-17(11(2)3,12(4)5)13(6)7/h11-14H,9-10H2,1-8H3. The molecule has 1 unspecified atom stereocenters. The fraction of sp³-hybridized carbons (Fsp3) is 1.00. The molecule has 17 heavy (non-hydrogen) atoms. The van der Waals surface area contributed by atoms with Crippen molar-refractivity contribution in [2.24, 2.45) is 0 Å². The van der Waals surface area contributed by atoms with Crippen LogP contribution >= 0.6 is 0 Å². The van der Waals surface area contributed by atoms with E-state index in [9.17, 15) is 0 Å². The molecule has 1 atom stereocenters. The Morgan fingerprint density at radius 3 is 1.53 bits per heavy atom. The maximum Gasteiger partial charge on any atom is 0.203 e. The van der Waals surface area contributed by atoms with Crippen molar-refractivity contribution in [3.8, 4) is 0 Å². The molecule has 2 nitrogen and oxygen atoms in total. The minimum absolute atomic E-state index is 0.0149. The van der Waals surface area contributed by atoms with E-state index >= 15 is 0 Å². The molecule has 0 saturated heterocycles. The average molecular weight is 260 g/mol. The van der Waals surface area contributed by atoms with Crippen LogP contribution in [0.2, 0.25) is 16.6 Å². The quantitative estimate of drug-likeness (QED) is 0.454. The van der Waals surface area contributed by atoms with Crippen LogP contribution < -0.4 is 0 Å². The van der Waals surface area contributed by atoms with Crippen molar-refractivity contribution in [2.45, 2.75) is 84.2 Å². The van der Waals surface area contributed by atoms with Gasteiger partial charge in [-0.1, -0.05) is 54.9 Å². The molecular weight excluding hydrogens is 228 g/mol.